The third-order valence-corrected chi connectivity index (χ3v) is 10.6. The number of nitrogens with zero attached hydrogens (tertiary/aromatic N) is 1. The van der Waals surface area contributed by atoms with Crippen molar-refractivity contribution in [2.75, 3.05) is 25.0 Å². The Morgan fingerprint density at radius 3 is 2.62 bits per heavy atom. The number of hydrogen-bond donors (Lipinski definition) is 2. The lowest BCUT2D eigenvalue weighted by atomic mass is 9.51. The molecule has 5 heteroatoms. The molecule has 0 bridgehead atoms. The third-order valence-electron chi connectivity index (χ3n) is 10.6. The van der Waals surface area contributed by atoms with Crippen LogP contribution >= 0.6 is 0 Å². The third kappa shape index (κ3) is 4.08. The number of amides is 2. The van der Waals surface area contributed by atoms with Crippen molar-refractivity contribution >= 4 is 17.5 Å². The van der Waals surface area contributed by atoms with Crippen LogP contribution < -0.4 is 10.6 Å². The molecule has 2 aliphatic heterocycles. The molecular formula is C29H43N3O2. The second-order valence-electron chi connectivity index (χ2n) is 12.4. The van der Waals surface area contributed by atoms with Gasteiger partial charge in [-0.15, -0.1) is 0 Å². The first-order valence-corrected chi connectivity index (χ1v) is 13.6. The topological polar surface area (TPSA) is 61.4 Å². The van der Waals surface area contributed by atoms with Gasteiger partial charge in [0.05, 0.1) is 6.54 Å². The van der Waals surface area contributed by atoms with E-state index in [2.05, 4.69) is 36.3 Å². The van der Waals surface area contributed by atoms with Gasteiger partial charge in [-0.05, 0) is 106 Å². The number of nitrogens with one attached hydrogen (secondary N) is 2. The van der Waals surface area contributed by atoms with E-state index < -0.39 is 0 Å². The van der Waals surface area contributed by atoms with Crippen LogP contribution in [0, 0.1) is 41.9 Å². The number of benzene rings is 1. The predicted molar refractivity (Wildman–Crippen MR) is 137 cm³/mol. The molecule has 7 atom stereocenters. The average molecular weight is 466 g/mol. The molecule has 2 aliphatic carbocycles. The Morgan fingerprint density at radius 1 is 1.09 bits per heavy atom. The fourth-order valence-electron chi connectivity index (χ4n) is 8.73. The first kappa shape index (κ1) is 23.8. The van der Waals surface area contributed by atoms with Gasteiger partial charge in [-0.3, -0.25) is 9.69 Å². The number of aryl methyl sites for hydroxylation is 1. The number of Topliss-reactive ketones (excluding diaryl/α,β-unsaturated/α-hetero) is 1. The highest BCUT2D eigenvalue weighted by atomic mass is 16.2. The lowest BCUT2D eigenvalue weighted by Crippen LogP contribution is -2.64. The van der Waals surface area contributed by atoms with Crippen LogP contribution in [-0.4, -0.2) is 41.9 Å². The van der Waals surface area contributed by atoms with E-state index >= 15 is 0 Å². The normalized spacial score (nSPS) is 38.4. The molecule has 2 saturated carbocycles. The molecule has 34 heavy (non-hydrogen) atoms. The second-order valence-corrected chi connectivity index (χ2v) is 12.4. The maximum absolute atomic E-state index is 12.5. The Hall–Kier alpha value is -1.88. The molecule has 5 nitrogen and oxygen atoms in total. The molecule has 1 unspecified atom stereocenters. The molecule has 2 N–H and O–H groups in total. The van der Waals surface area contributed by atoms with Gasteiger partial charge in [0.1, 0.15) is 5.78 Å². The number of fused-ring (bicyclic) bond motifs is 5. The maximum Gasteiger partial charge on any atom is 0.319 e. The average Bonchev–Trinajstić information content (AvgIpc) is 3.17. The van der Waals surface area contributed by atoms with Crippen LogP contribution in [0.4, 0.5) is 10.5 Å². The predicted octanol–water partition coefficient (Wildman–Crippen LogP) is 5.64. The summed E-state index contributed by atoms with van der Waals surface area (Å²) in [7, 11) is 0. The van der Waals surface area contributed by atoms with E-state index in [4.69, 9.17) is 0 Å². The molecule has 1 aromatic rings. The molecule has 4 aliphatic rings. The van der Waals surface area contributed by atoms with Gasteiger partial charge in [0, 0.05) is 24.2 Å². The van der Waals surface area contributed by atoms with Crippen molar-refractivity contribution in [2.45, 2.75) is 78.2 Å². The van der Waals surface area contributed by atoms with E-state index in [1.807, 2.05) is 31.2 Å². The zero-order chi connectivity index (χ0) is 24.1. The van der Waals surface area contributed by atoms with Crippen LogP contribution in [0.25, 0.3) is 0 Å². The van der Waals surface area contributed by atoms with E-state index in [-0.39, 0.29) is 11.6 Å². The molecule has 0 spiro atoms. The summed E-state index contributed by atoms with van der Waals surface area (Å²) in [6.45, 7) is 11.9. The van der Waals surface area contributed by atoms with E-state index in [0.717, 1.165) is 49.4 Å². The molecular weight excluding hydrogens is 422 g/mol. The van der Waals surface area contributed by atoms with Crippen molar-refractivity contribution in [2.24, 2.45) is 35.0 Å². The van der Waals surface area contributed by atoms with Crippen LogP contribution in [0.1, 0.15) is 71.3 Å². The molecule has 186 valence electrons. The fourth-order valence-corrected chi connectivity index (χ4v) is 8.73. The maximum atomic E-state index is 12.5. The van der Waals surface area contributed by atoms with Crippen molar-refractivity contribution in [1.29, 1.82) is 0 Å². The largest absolute Gasteiger partial charge is 0.338 e. The van der Waals surface area contributed by atoms with Gasteiger partial charge in [-0.1, -0.05) is 31.5 Å². The number of hydrogen-bond acceptors (Lipinski definition) is 3. The minimum Gasteiger partial charge on any atom is -0.338 e. The highest BCUT2D eigenvalue weighted by molar-refractivity contribution is 5.89. The Kier molecular flexibility index (Phi) is 6.29. The second kappa shape index (κ2) is 8.96. The SMILES string of the molecule is Cc1ccc(NC(=O)NCC(C)[C@H]2CC[C@H]3[C@@H]4CCN5CC(=O)CC[C@]5(C)[C@H]4CC[C@]23C)cc1. The monoisotopic (exact) mass is 465 g/mol. The van der Waals surface area contributed by atoms with Gasteiger partial charge in [0.25, 0.3) is 0 Å². The molecule has 5 rings (SSSR count). The van der Waals surface area contributed by atoms with Crippen LogP contribution in [-0.2, 0) is 4.79 Å². The summed E-state index contributed by atoms with van der Waals surface area (Å²) in [4.78, 5) is 27.2. The number of ketones is 1. The van der Waals surface area contributed by atoms with Crippen LogP contribution in [0.5, 0.6) is 0 Å². The summed E-state index contributed by atoms with van der Waals surface area (Å²) in [6.07, 6.45) is 8.28. The molecule has 2 heterocycles. The number of piperidine rings is 2. The van der Waals surface area contributed by atoms with Gasteiger partial charge >= 0.3 is 6.03 Å². The van der Waals surface area contributed by atoms with Crippen LogP contribution in [0.3, 0.4) is 0 Å². The zero-order valence-corrected chi connectivity index (χ0v) is 21.5. The minimum atomic E-state index is -0.105. The van der Waals surface area contributed by atoms with E-state index in [1.165, 1.54) is 37.7 Å². The molecule has 0 radical (unpaired) electrons. The summed E-state index contributed by atoms with van der Waals surface area (Å²) in [5.74, 6) is 3.89. The summed E-state index contributed by atoms with van der Waals surface area (Å²) in [5, 5.41) is 6.12. The van der Waals surface area contributed by atoms with Gasteiger partial charge in [0.15, 0.2) is 0 Å². The van der Waals surface area contributed by atoms with Crippen molar-refractivity contribution in [3.05, 3.63) is 29.8 Å². The number of anilines is 1. The summed E-state index contributed by atoms with van der Waals surface area (Å²) in [5.41, 5.74) is 2.62. The lowest BCUT2D eigenvalue weighted by Gasteiger charge is -2.61. The smallest absolute Gasteiger partial charge is 0.319 e. The lowest BCUT2D eigenvalue weighted by molar-refractivity contribution is -0.143. The van der Waals surface area contributed by atoms with Gasteiger partial charge in [-0.2, -0.15) is 0 Å². The number of urea groups is 1. The molecule has 0 aromatic heterocycles. The number of carbonyl (C=O) groups excluding carboxylic acids is 2. The molecule has 2 saturated heterocycles. The Balaban J connectivity index is 1.21. The summed E-state index contributed by atoms with van der Waals surface area (Å²) < 4.78 is 0. The first-order chi connectivity index (χ1) is 16.2. The Bertz CT molecular complexity index is 930. The van der Waals surface area contributed by atoms with Crippen molar-refractivity contribution in [3.63, 3.8) is 0 Å². The highest BCUT2D eigenvalue weighted by Crippen LogP contribution is 2.64. The van der Waals surface area contributed by atoms with Crippen molar-refractivity contribution in [1.82, 2.24) is 10.2 Å². The highest BCUT2D eigenvalue weighted by Gasteiger charge is 2.60. The zero-order valence-electron chi connectivity index (χ0n) is 21.5. The van der Waals surface area contributed by atoms with Crippen molar-refractivity contribution in [3.8, 4) is 0 Å². The minimum absolute atomic E-state index is 0.105. The fraction of sp³-hybridized carbons (Fsp3) is 0.724. The Morgan fingerprint density at radius 2 is 1.85 bits per heavy atom. The first-order valence-electron chi connectivity index (χ1n) is 13.6. The van der Waals surface area contributed by atoms with E-state index in [0.29, 0.717) is 29.6 Å². The van der Waals surface area contributed by atoms with Crippen LogP contribution in [0.15, 0.2) is 24.3 Å². The Labute approximate surface area is 205 Å². The van der Waals surface area contributed by atoms with E-state index in [9.17, 15) is 9.59 Å². The van der Waals surface area contributed by atoms with E-state index in [1.54, 1.807) is 0 Å². The van der Waals surface area contributed by atoms with Gasteiger partial charge in [-0.25, -0.2) is 4.79 Å². The van der Waals surface area contributed by atoms with Gasteiger partial charge in [0.2, 0.25) is 0 Å². The number of carbonyl (C=O) groups is 2. The van der Waals surface area contributed by atoms with Crippen molar-refractivity contribution < 1.29 is 9.59 Å². The molecule has 2 amide bonds. The standard InChI is InChI=1S/C29H43N3O2/c1-19-5-7-21(8-6-19)31-27(34)30-17-20(2)24-9-10-25-23-13-16-32-18-22(33)11-15-29(32,4)26(23)12-14-28(24,25)3/h5-8,20,23-26H,9-18H2,1-4H3,(H2,30,31,34)/t20?,23-,24+,25-,26-,28+,29+/m0/s1. The summed E-state index contributed by atoms with van der Waals surface area (Å²) in [6, 6.07) is 7.83. The van der Waals surface area contributed by atoms with Gasteiger partial charge < -0.3 is 10.6 Å². The molecule has 4 fully saturated rings. The van der Waals surface area contributed by atoms with Crippen LogP contribution in [0.2, 0.25) is 0 Å². The molecule has 1 aromatic carbocycles. The summed E-state index contributed by atoms with van der Waals surface area (Å²) >= 11 is 0. The quantitative estimate of drug-likeness (QED) is 0.605. The number of rotatable bonds is 4.